The van der Waals surface area contributed by atoms with Crippen LogP contribution in [0.3, 0.4) is 0 Å². The molecular formula is C21H22N6O3. The van der Waals surface area contributed by atoms with Crippen LogP contribution < -0.4 is 5.73 Å². The fourth-order valence-corrected chi connectivity index (χ4v) is 5.19. The first-order valence-corrected chi connectivity index (χ1v) is 10.0. The number of aromatic nitrogens is 5. The lowest BCUT2D eigenvalue weighted by molar-refractivity contribution is -0.0309. The van der Waals surface area contributed by atoms with Crippen molar-refractivity contribution < 1.29 is 14.9 Å². The van der Waals surface area contributed by atoms with Crippen molar-refractivity contribution in [3.63, 3.8) is 0 Å². The average molecular weight is 406 g/mol. The number of imidazole rings is 1. The van der Waals surface area contributed by atoms with Crippen LogP contribution in [0.25, 0.3) is 16.7 Å². The molecule has 2 aliphatic rings. The minimum absolute atomic E-state index is 0.147. The highest BCUT2D eigenvalue weighted by atomic mass is 16.5. The Morgan fingerprint density at radius 2 is 2.00 bits per heavy atom. The molecule has 6 rings (SSSR count). The van der Waals surface area contributed by atoms with Gasteiger partial charge in [-0.25, -0.2) is 15.0 Å². The molecule has 5 heterocycles. The zero-order chi connectivity index (χ0) is 20.5. The molecule has 1 aliphatic heterocycles. The van der Waals surface area contributed by atoms with Crippen molar-refractivity contribution in [1.82, 2.24) is 23.9 Å². The first-order chi connectivity index (χ1) is 14.6. The van der Waals surface area contributed by atoms with Crippen LogP contribution in [0.15, 0.2) is 49.3 Å². The molecule has 1 saturated heterocycles. The van der Waals surface area contributed by atoms with Crippen LogP contribution in [-0.4, -0.2) is 52.9 Å². The van der Waals surface area contributed by atoms with E-state index in [1.807, 2.05) is 45.8 Å². The smallest absolute Gasteiger partial charge is 0.145 e. The summed E-state index contributed by atoms with van der Waals surface area (Å²) in [6, 6.07) is 5.57. The maximum atomic E-state index is 11.0. The summed E-state index contributed by atoms with van der Waals surface area (Å²) in [5.74, 6) is 0.403. The van der Waals surface area contributed by atoms with E-state index in [1.165, 1.54) is 6.33 Å². The monoisotopic (exact) mass is 406 g/mol. The molecular weight excluding hydrogens is 384 g/mol. The predicted molar refractivity (Wildman–Crippen MR) is 109 cm³/mol. The molecule has 1 aliphatic carbocycles. The molecule has 4 N–H and O–H groups in total. The molecule has 30 heavy (non-hydrogen) atoms. The van der Waals surface area contributed by atoms with Gasteiger partial charge in [-0.15, -0.1) is 0 Å². The van der Waals surface area contributed by atoms with Gasteiger partial charge >= 0.3 is 0 Å². The second-order valence-corrected chi connectivity index (χ2v) is 8.45. The molecule has 0 radical (unpaired) electrons. The van der Waals surface area contributed by atoms with Crippen molar-refractivity contribution in [2.45, 2.75) is 37.2 Å². The van der Waals surface area contributed by atoms with Crippen molar-refractivity contribution in [2.75, 3.05) is 12.3 Å². The van der Waals surface area contributed by atoms with Gasteiger partial charge < -0.3 is 29.7 Å². The number of aliphatic hydroxyl groups is 2. The summed E-state index contributed by atoms with van der Waals surface area (Å²) in [4.78, 5) is 12.7. The molecule has 9 nitrogen and oxygen atoms in total. The lowest BCUT2D eigenvalue weighted by Crippen LogP contribution is -2.37. The van der Waals surface area contributed by atoms with Crippen molar-refractivity contribution in [3.8, 4) is 0 Å². The van der Waals surface area contributed by atoms with Gasteiger partial charge in [0.15, 0.2) is 0 Å². The summed E-state index contributed by atoms with van der Waals surface area (Å²) in [5.41, 5.74) is 7.99. The van der Waals surface area contributed by atoms with Crippen LogP contribution >= 0.6 is 0 Å². The Morgan fingerprint density at radius 1 is 1.10 bits per heavy atom. The Bertz CT molecular complexity index is 1250. The summed E-state index contributed by atoms with van der Waals surface area (Å²) in [5, 5.41) is 22.7. The summed E-state index contributed by atoms with van der Waals surface area (Å²) >= 11 is 0. The van der Waals surface area contributed by atoms with Gasteiger partial charge in [-0.1, -0.05) is 0 Å². The second-order valence-electron chi connectivity index (χ2n) is 8.45. The van der Waals surface area contributed by atoms with E-state index in [2.05, 4.69) is 15.0 Å². The number of hydrogen-bond acceptors (Lipinski definition) is 7. The number of fused-ring (bicyclic) bond motifs is 2. The van der Waals surface area contributed by atoms with Gasteiger partial charge in [0.05, 0.1) is 30.2 Å². The lowest BCUT2D eigenvalue weighted by atomic mass is 9.80. The zero-order valence-corrected chi connectivity index (χ0v) is 16.2. The van der Waals surface area contributed by atoms with E-state index in [-0.39, 0.29) is 12.1 Å². The van der Waals surface area contributed by atoms with Gasteiger partial charge in [0.2, 0.25) is 0 Å². The number of rotatable bonds is 2. The minimum Gasteiger partial charge on any atom is -0.390 e. The lowest BCUT2D eigenvalue weighted by Gasteiger charge is -2.26. The quantitative estimate of drug-likeness (QED) is 0.461. The second kappa shape index (κ2) is 6.24. The van der Waals surface area contributed by atoms with Crippen molar-refractivity contribution in [2.24, 2.45) is 5.41 Å². The number of anilines is 1. The van der Waals surface area contributed by atoms with Crippen molar-refractivity contribution >= 4 is 22.5 Å². The highest BCUT2D eigenvalue weighted by Gasteiger charge is 2.57. The molecule has 9 heteroatoms. The van der Waals surface area contributed by atoms with E-state index in [4.69, 9.17) is 10.5 Å². The first kappa shape index (κ1) is 17.8. The maximum Gasteiger partial charge on any atom is 0.145 e. The summed E-state index contributed by atoms with van der Waals surface area (Å²) in [7, 11) is 0. The Kier molecular flexibility index (Phi) is 3.71. The molecule has 0 unspecified atom stereocenters. The fraction of sp³-hybridized carbons (Fsp3) is 0.381. The van der Waals surface area contributed by atoms with Crippen LogP contribution in [-0.2, 0) is 4.74 Å². The number of ether oxygens (including phenoxy) is 1. The topological polar surface area (TPSA) is 124 Å². The maximum absolute atomic E-state index is 11.0. The number of aliphatic hydroxyl groups excluding tert-OH is 2. The Morgan fingerprint density at radius 3 is 2.90 bits per heavy atom. The van der Waals surface area contributed by atoms with Crippen molar-refractivity contribution in [3.05, 3.63) is 54.9 Å². The predicted octanol–water partition coefficient (Wildman–Crippen LogP) is 1.48. The molecule has 0 amide bonds. The van der Waals surface area contributed by atoms with Crippen LogP contribution in [0.4, 0.5) is 5.82 Å². The van der Waals surface area contributed by atoms with Crippen LogP contribution in [0.1, 0.15) is 30.6 Å². The molecule has 4 aromatic heterocycles. The summed E-state index contributed by atoms with van der Waals surface area (Å²) < 4.78 is 9.98. The van der Waals surface area contributed by atoms with E-state index in [0.29, 0.717) is 30.9 Å². The van der Waals surface area contributed by atoms with Gasteiger partial charge in [0.25, 0.3) is 0 Å². The third-order valence-corrected chi connectivity index (χ3v) is 6.82. The Hall–Kier alpha value is -3.01. The summed E-state index contributed by atoms with van der Waals surface area (Å²) in [6.07, 6.45) is 8.16. The van der Waals surface area contributed by atoms with Crippen molar-refractivity contribution in [1.29, 1.82) is 0 Å². The molecule has 2 fully saturated rings. The largest absolute Gasteiger partial charge is 0.390 e. The standard InChI is InChI=1S/C21H22N6O3/c22-19-13-2-5-27(20(13)25-11-24-19)14-8-21(18(29)17(14)28)9-15(30-10-21)12-1-4-26-6-3-23-16(26)7-12/h1-7,11,14-15,17-18,28-29H,8-10H2,(H2,22,24,25)/t14-,15-,17+,18+,21-/m1/s1. The third-order valence-electron chi connectivity index (χ3n) is 6.82. The highest BCUT2D eigenvalue weighted by molar-refractivity contribution is 5.86. The number of nitrogen functional groups attached to an aromatic ring is 1. The first-order valence-electron chi connectivity index (χ1n) is 10.0. The van der Waals surface area contributed by atoms with Gasteiger partial charge in [-0.2, -0.15) is 0 Å². The van der Waals surface area contributed by atoms with Gasteiger partial charge in [-0.3, -0.25) is 0 Å². The van der Waals surface area contributed by atoms with E-state index >= 15 is 0 Å². The minimum atomic E-state index is -0.922. The Balaban J connectivity index is 1.31. The molecule has 154 valence electrons. The molecule has 1 saturated carbocycles. The van der Waals surface area contributed by atoms with E-state index < -0.39 is 17.6 Å². The number of hydrogen-bond donors (Lipinski definition) is 3. The average Bonchev–Trinajstić information content (AvgIpc) is 3.51. The van der Waals surface area contributed by atoms with Gasteiger partial charge in [0.1, 0.15) is 29.5 Å². The van der Waals surface area contributed by atoms with Crippen LogP contribution in [0, 0.1) is 5.41 Å². The van der Waals surface area contributed by atoms with Crippen LogP contribution in [0.5, 0.6) is 0 Å². The van der Waals surface area contributed by atoms with E-state index in [9.17, 15) is 10.2 Å². The Labute approximate surface area is 171 Å². The number of nitrogens with zero attached hydrogens (tertiary/aromatic N) is 5. The van der Waals surface area contributed by atoms with Gasteiger partial charge in [-0.05, 0) is 36.6 Å². The van der Waals surface area contributed by atoms with E-state index in [0.717, 1.165) is 16.6 Å². The molecule has 0 aromatic carbocycles. The molecule has 5 atom stereocenters. The molecule has 1 spiro atoms. The normalized spacial score (nSPS) is 31.4. The summed E-state index contributed by atoms with van der Waals surface area (Å²) in [6.45, 7) is 0.391. The number of nitrogens with two attached hydrogens (primary N) is 1. The molecule has 0 bridgehead atoms. The third kappa shape index (κ3) is 2.43. The van der Waals surface area contributed by atoms with E-state index in [1.54, 1.807) is 6.20 Å². The fourth-order valence-electron chi connectivity index (χ4n) is 5.19. The SMILES string of the molecule is Nc1ncnc2c1ccn2[C@@H]1C[C@@]2(CO[C@@H](c3ccn4ccnc4c3)C2)[C@@H](O)[C@H]1O. The molecule has 4 aromatic rings. The zero-order valence-electron chi connectivity index (χ0n) is 16.2. The van der Waals surface area contributed by atoms with Crippen LogP contribution in [0.2, 0.25) is 0 Å². The number of pyridine rings is 1. The van der Waals surface area contributed by atoms with Gasteiger partial charge in [0, 0.05) is 30.2 Å². The highest BCUT2D eigenvalue weighted by Crippen LogP contribution is 2.54.